The zero-order valence-corrected chi connectivity index (χ0v) is 9.48. The summed E-state index contributed by atoms with van der Waals surface area (Å²) in [4.78, 5) is 11.9. The van der Waals surface area contributed by atoms with Crippen LogP contribution in [0.3, 0.4) is 0 Å². The summed E-state index contributed by atoms with van der Waals surface area (Å²) in [6.45, 7) is 0.768. The number of hydrogen-bond acceptors (Lipinski definition) is 4. The molecule has 0 aromatic heterocycles. The molecule has 5 heteroatoms. The second kappa shape index (κ2) is 4.83. The predicted molar refractivity (Wildman–Crippen MR) is 63.3 cm³/mol. The minimum Gasteiger partial charge on any atom is -0.392 e. The summed E-state index contributed by atoms with van der Waals surface area (Å²) in [5, 5.41) is 11.7. The second-order valence-electron chi connectivity index (χ2n) is 4.27. The van der Waals surface area contributed by atoms with Gasteiger partial charge in [-0.05, 0) is 24.1 Å². The Hall–Kier alpha value is -1.43. The first-order valence-corrected chi connectivity index (χ1v) is 5.52. The molecule has 1 aliphatic rings. The van der Waals surface area contributed by atoms with Crippen LogP contribution < -0.4 is 11.1 Å². The molecular weight excluding hydrogens is 220 g/mol. The summed E-state index contributed by atoms with van der Waals surface area (Å²) < 4.78 is 5.14. The smallest absolute Gasteiger partial charge is 0.246 e. The number of ether oxygens (including phenoxy) is 1. The molecule has 4 N–H and O–H groups in total. The molecule has 1 aliphatic heterocycles. The van der Waals surface area contributed by atoms with Crippen LogP contribution in [0.15, 0.2) is 24.3 Å². The van der Waals surface area contributed by atoms with Crippen LogP contribution in [0.4, 0.5) is 5.69 Å². The van der Waals surface area contributed by atoms with E-state index in [-0.39, 0.29) is 19.1 Å². The standard InChI is InChI=1S/C12H16N2O3/c13-12(5-6-17-8-12)11(16)14-10-3-1-9(7-15)2-4-10/h1-4,15H,5-8,13H2,(H,14,16). The third kappa shape index (κ3) is 2.63. The minimum atomic E-state index is -0.921. The molecule has 1 aromatic carbocycles. The summed E-state index contributed by atoms with van der Waals surface area (Å²) in [6.07, 6.45) is 0.535. The third-order valence-corrected chi connectivity index (χ3v) is 2.90. The first-order chi connectivity index (χ1) is 8.14. The minimum absolute atomic E-state index is 0.0110. The number of carbonyl (C=O) groups excluding carboxylic acids is 1. The van der Waals surface area contributed by atoms with E-state index in [1.54, 1.807) is 24.3 Å². The van der Waals surface area contributed by atoms with Gasteiger partial charge in [-0.3, -0.25) is 4.79 Å². The SMILES string of the molecule is NC1(C(=O)Nc2ccc(CO)cc2)CCOC1. The van der Waals surface area contributed by atoms with E-state index in [1.165, 1.54) is 0 Å². The molecule has 0 bridgehead atoms. The fraction of sp³-hybridized carbons (Fsp3) is 0.417. The number of amides is 1. The highest BCUT2D eigenvalue weighted by atomic mass is 16.5. The van der Waals surface area contributed by atoms with Crippen molar-refractivity contribution in [3.63, 3.8) is 0 Å². The van der Waals surface area contributed by atoms with Crippen LogP contribution in [-0.2, 0) is 16.1 Å². The van der Waals surface area contributed by atoms with Gasteiger partial charge in [0, 0.05) is 12.3 Å². The van der Waals surface area contributed by atoms with Gasteiger partial charge in [-0.1, -0.05) is 12.1 Å². The molecule has 0 spiro atoms. The van der Waals surface area contributed by atoms with Gasteiger partial charge in [0.25, 0.3) is 0 Å². The Bertz CT molecular complexity index is 397. The van der Waals surface area contributed by atoms with Crippen LogP contribution >= 0.6 is 0 Å². The van der Waals surface area contributed by atoms with Gasteiger partial charge >= 0.3 is 0 Å². The van der Waals surface area contributed by atoms with Crippen LogP contribution in [0, 0.1) is 0 Å². The summed E-state index contributed by atoms with van der Waals surface area (Å²) >= 11 is 0. The van der Waals surface area contributed by atoms with E-state index >= 15 is 0 Å². The summed E-state index contributed by atoms with van der Waals surface area (Å²) in [7, 11) is 0. The third-order valence-electron chi connectivity index (χ3n) is 2.90. The molecule has 1 amide bonds. The van der Waals surface area contributed by atoms with Gasteiger partial charge in [-0.2, -0.15) is 0 Å². The summed E-state index contributed by atoms with van der Waals surface area (Å²) in [5.41, 5.74) is 6.48. The molecule has 1 heterocycles. The summed E-state index contributed by atoms with van der Waals surface area (Å²) in [5.74, 6) is -0.230. The van der Waals surface area contributed by atoms with Crippen molar-refractivity contribution in [1.29, 1.82) is 0 Å². The quantitative estimate of drug-likeness (QED) is 0.701. The van der Waals surface area contributed by atoms with Crippen molar-refractivity contribution >= 4 is 11.6 Å². The van der Waals surface area contributed by atoms with Gasteiger partial charge in [0.2, 0.25) is 5.91 Å². The molecule has 1 unspecified atom stereocenters. The van der Waals surface area contributed by atoms with E-state index in [4.69, 9.17) is 15.6 Å². The van der Waals surface area contributed by atoms with Gasteiger partial charge in [-0.15, -0.1) is 0 Å². The zero-order valence-electron chi connectivity index (χ0n) is 9.48. The van der Waals surface area contributed by atoms with Crippen molar-refractivity contribution in [3.05, 3.63) is 29.8 Å². The number of carbonyl (C=O) groups is 1. The maximum absolute atomic E-state index is 11.9. The summed E-state index contributed by atoms with van der Waals surface area (Å²) in [6, 6.07) is 6.99. The van der Waals surface area contributed by atoms with Crippen molar-refractivity contribution in [1.82, 2.24) is 0 Å². The number of benzene rings is 1. The van der Waals surface area contributed by atoms with Crippen molar-refractivity contribution in [2.75, 3.05) is 18.5 Å². The molecule has 1 atom stereocenters. The van der Waals surface area contributed by atoms with Crippen LogP contribution in [0.5, 0.6) is 0 Å². The number of anilines is 1. The van der Waals surface area contributed by atoms with Gasteiger partial charge < -0.3 is 20.9 Å². The molecule has 2 rings (SSSR count). The van der Waals surface area contributed by atoms with Crippen molar-refractivity contribution in [2.24, 2.45) is 5.73 Å². The Kier molecular flexibility index (Phi) is 3.42. The van der Waals surface area contributed by atoms with Crippen LogP contribution in [-0.4, -0.2) is 29.8 Å². The Morgan fingerprint density at radius 2 is 2.18 bits per heavy atom. The van der Waals surface area contributed by atoms with E-state index in [0.717, 1.165) is 5.56 Å². The van der Waals surface area contributed by atoms with Gasteiger partial charge in [0.15, 0.2) is 0 Å². The molecule has 17 heavy (non-hydrogen) atoms. The lowest BCUT2D eigenvalue weighted by molar-refractivity contribution is -0.121. The highest BCUT2D eigenvalue weighted by Gasteiger charge is 2.38. The monoisotopic (exact) mass is 236 g/mol. The van der Waals surface area contributed by atoms with Crippen LogP contribution in [0.25, 0.3) is 0 Å². The fourth-order valence-corrected chi connectivity index (χ4v) is 1.71. The van der Waals surface area contributed by atoms with Gasteiger partial charge in [-0.25, -0.2) is 0 Å². The van der Waals surface area contributed by atoms with E-state index in [9.17, 15) is 4.79 Å². The molecule has 92 valence electrons. The predicted octanol–water partition coefficient (Wildman–Crippen LogP) is 0.235. The van der Waals surface area contributed by atoms with Gasteiger partial charge in [0.1, 0.15) is 5.54 Å². The molecule has 0 aliphatic carbocycles. The number of nitrogens with two attached hydrogens (primary N) is 1. The number of aliphatic hydroxyl groups is 1. The average Bonchev–Trinajstić information content (AvgIpc) is 2.78. The molecule has 1 aromatic rings. The highest BCUT2D eigenvalue weighted by molar-refractivity contribution is 5.98. The highest BCUT2D eigenvalue weighted by Crippen LogP contribution is 2.18. The molecule has 1 saturated heterocycles. The van der Waals surface area contributed by atoms with Crippen molar-refractivity contribution < 1.29 is 14.6 Å². The average molecular weight is 236 g/mol. The number of nitrogens with one attached hydrogen (secondary N) is 1. The molecule has 0 radical (unpaired) electrons. The second-order valence-corrected chi connectivity index (χ2v) is 4.27. The maximum Gasteiger partial charge on any atom is 0.246 e. The fourth-order valence-electron chi connectivity index (χ4n) is 1.71. The number of hydrogen-bond donors (Lipinski definition) is 3. The first kappa shape index (κ1) is 12.0. The number of aliphatic hydroxyl groups excluding tert-OH is 1. The first-order valence-electron chi connectivity index (χ1n) is 5.52. The van der Waals surface area contributed by atoms with Crippen molar-refractivity contribution in [3.8, 4) is 0 Å². The lowest BCUT2D eigenvalue weighted by atomic mass is 9.99. The Morgan fingerprint density at radius 1 is 1.47 bits per heavy atom. The molecule has 5 nitrogen and oxygen atoms in total. The topological polar surface area (TPSA) is 84.6 Å². The van der Waals surface area contributed by atoms with Crippen LogP contribution in [0.2, 0.25) is 0 Å². The normalized spacial score (nSPS) is 23.6. The van der Waals surface area contributed by atoms with E-state index < -0.39 is 5.54 Å². The molecular formula is C12H16N2O3. The zero-order chi connectivity index (χ0) is 12.3. The maximum atomic E-state index is 11.9. The van der Waals surface area contributed by atoms with E-state index in [0.29, 0.717) is 18.7 Å². The van der Waals surface area contributed by atoms with E-state index in [1.807, 2.05) is 0 Å². The largest absolute Gasteiger partial charge is 0.392 e. The Morgan fingerprint density at radius 3 is 2.71 bits per heavy atom. The Labute approximate surface area is 99.6 Å². The van der Waals surface area contributed by atoms with E-state index in [2.05, 4.69) is 5.32 Å². The van der Waals surface area contributed by atoms with Crippen molar-refractivity contribution in [2.45, 2.75) is 18.6 Å². The van der Waals surface area contributed by atoms with Crippen LogP contribution in [0.1, 0.15) is 12.0 Å². The molecule has 0 saturated carbocycles. The number of rotatable bonds is 3. The lowest BCUT2D eigenvalue weighted by Gasteiger charge is -2.20. The Balaban J connectivity index is 2.02. The van der Waals surface area contributed by atoms with Gasteiger partial charge in [0.05, 0.1) is 13.2 Å². The molecule has 1 fully saturated rings. The lowest BCUT2D eigenvalue weighted by Crippen LogP contribution is -2.51.